The van der Waals surface area contributed by atoms with E-state index in [9.17, 15) is 5.11 Å². The summed E-state index contributed by atoms with van der Waals surface area (Å²) in [6.07, 6.45) is 0. The lowest BCUT2D eigenvalue weighted by atomic mass is 10.2. The zero-order valence-corrected chi connectivity index (χ0v) is 16.7. The van der Waals surface area contributed by atoms with Crippen LogP contribution in [0.5, 0.6) is 5.75 Å². The van der Waals surface area contributed by atoms with Crippen molar-refractivity contribution >= 4 is 28.1 Å². The molecule has 3 N–H and O–H groups in total. The minimum atomic E-state index is 0.139. The smallest absolute Gasteiger partial charge is 0.143 e. The molecule has 0 saturated heterocycles. The minimum absolute atomic E-state index is 0.139. The summed E-state index contributed by atoms with van der Waals surface area (Å²) in [5.41, 5.74) is 6.24. The van der Waals surface area contributed by atoms with Gasteiger partial charge in [-0.25, -0.2) is 0 Å². The molecule has 0 bridgehead atoms. The molecule has 4 aromatic carbocycles. The van der Waals surface area contributed by atoms with Gasteiger partial charge in [0.1, 0.15) is 22.5 Å². The van der Waals surface area contributed by atoms with E-state index in [1.165, 1.54) is 4.80 Å². The first-order chi connectivity index (χ1) is 15.2. The molecule has 5 aromatic rings. The second-order valence-corrected chi connectivity index (χ2v) is 7.22. The highest BCUT2D eigenvalue weighted by Crippen LogP contribution is 2.24. The van der Waals surface area contributed by atoms with Gasteiger partial charge in [-0.3, -0.25) is 0 Å². The number of phenols is 1. The van der Waals surface area contributed by atoms with Gasteiger partial charge in [0.15, 0.2) is 0 Å². The zero-order chi connectivity index (χ0) is 21.0. The first-order valence-electron chi connectivity index (χ1n) is 10.0. The normalized spacial score (nSPS) is 10.8. The molecule has 0 unspecified atom stereocenters. The molecular weight excluding hydrogens is 386 g/mol. The molecule has 0 aliphatic heterocycles. The molecule has 5 rings (SSSR count). The lowest BCUT2D eigenvalue weighted by Crippen LogP contribution is -2.03. The van der Waals surface area contributed by atoms with Crippen LogP contribution in [-0.2, 0) is 6.54 Å². The average molecular weight is 407 g/mol. The maximum Gasteiger partial charge on any atom is 0.143 e. The van der Waals surface area contributed by atoms with E-state index < -0.39 is 0 Å². The number of aromatic hydroxyl groups is 1. The predicted octanol–water partition coefficient (Wildman–Crippen LogP) is 5.48. The summed E-state index contributed by atoms with van der Waals surface area (Å²) in [4.78, 5) is 1.48. The van der Waals surface area contributed by atoms with Gasteiger partial charge in [-0.05, 0) is 66.2 Å². The van der Waals surface area contributed by atoms with Crippen molar-refractivity contribution < 1.29 is 5.11 Å². The van der Waals surface area contributed by atoms with Crippen molar-refractivity contribution in [2.75, 3.05) is 10.6 Å². The first kappa shape index (κ1) is 18.7. The molecular formula is C25H21N5O. The summed E-state index contributed by atoms with van der Waals surface area (Å²) in [5, 5.41) is 26.0. The van der Waals surface area contributed by atoms with Gasteiger partial charge in [0.25, 0.3) is 0 Å². The minimum Gasteiger partial charge on any atom is -0.506 e. The van der Waals surface area contributed by atoms with E-state index in [-0.39, 0.29) is 5.75 Å². The molecule has 0 aliphatic carbocycles. The van der Waals surface area contributed by atoms with Crippen molar-refractivity contribution in [1.82, 2.24) is 15.0 Å². The number of nitrogens with one attached hydrogen (secondary N) is 2. The SMILES string of the molecule is Oc1ccc(CNc2ccc(Nc3ccccc3)cc2)cc1-n1nc2ccccc2n1. The number of nitrogens with zero attached hydrogens (tertiary/aromatic N) is 3. The van der Waals surface area contributed by atoms with Crippen LogP contribution in [0.3, 0.4) is 0 Å². The summed E-state index contributed by atoms with van der Waals surface area (Å²) < 4.78 is 0. The van der Waals surface area contributed by atoms with Crippen molar-refractivity contribution in [1.29, 1.82) is 0 Å². The van der Waals surface area contributed by atoms with Crippen LogP contribution in [0.25, 0.3) is 16.7 Å². The van der Waals surface area contributed by atoms with Gasteiger partial charge in [0, 0.05) is 23.6 Å². The van der Waals surface area contributed by atoms with Gasteiger partial charge >= 0.3 is 0 Å². The third-order valence-electron chi connectivity index (χ3n) is 4.99. The second kappa shape index (κ2) is 8.20. The predicted molar refractivity (Wildman–Crippen MR) is 124 cm³/mol. The van der Waals surface area contributed by atoms with E-state index in [0.717, 1.165) is 33.7 Å². The molecule has 6 nitrogen and oxygen atoms in total. The van der Waals surface area contributed by atoms with Crippen LogP contribution in [0.4, 0.5) is 17.1 Å². The fourth-order valence-corrected chi connectivity index (χ4v) is 3.37. The van der Waals surface area contributed by atoms with Crippen LogP contribution in [0.15, 0.2) is 97.1 Å². The van der Waals surface area contributed by atoms with Crippen LogP contribution in [0.1, 0.15) is 5.56 Å². The molecule has 1 heterocycles. The third kappa shape index (κ3) is 4.18. The van der Waals surface area contributed by atoms with E-state index in [0.29, 0.717) is 12.2 Å². The summed E-state index contributed by atoms with van der Waals surface area (Å²) >= 11 is 0. The number of phenolic OH excluding ortho intramolecular Hbond substituents is 1. The lowest BCUT2D eigenvalue weighted by Gasteiger charge is -2.11. The molecule has 31 heavy (non-hydrogen) atoms. The molecule has 0 spiro atoms. The van der Waals surface area contributed by atoms with Crippen LogP contribution in [0.2, 0.25) is 0 Å². The molecule has 0 radical (unpaired) electrons. The van der Waals surface area contributed by atoms with Gasteiger partial charge in [-0.1, -0.05) is 36.4 Å². The highest BCUT2D eigenvalue weighted by molar-refractivity contribution is 5.73. The molecule has 0 fully saturated rings. The van der Waals surface area contributed by atoms with E-state index in [4.69, 9.17) is 0 Å². The second-order valence-electron chi connectivity index (χ2n) is 7.22. The third-order valence-corrected chi connectivity index (χ3v) is 4.99. The van der Waals surface area contributed by atoms with Crippen LogP contribution >= 0.6 is 0 Å². The number of fused-ring (bicyclic) bond motifs is 1. The molecule has 0 aliphatic rings. The molecule has 1 aromatic heterocycles. The van der Waals surface area contributed by atoms with Crippen molar-refractivity contribution in [3.05, 3.63) is 103 Å². The quantitative estimate of drug-likeness (QED) is 0.347. The monoisotopic (exact) mass is 407 g/mol. The number of anilines is 3. The molecule has 152 valence electrons. The largest absolute Gasteiger partial charge is 0.506 e. The summed E-state index contributed by atoms with van der Waals surface area (Å²) in [6.45, 7) is 0.611. The van der Waals surface area contributed by atoms with E-state index >= 15 is 0 Å². The number of hydrogen-bond donors (Lipinski definition) is 3. The Morgan fingerprint density at radius 2 is 1.29 bits per heavy atom. The van der Waals surface area contributed by atoms with E-state index in [2.05, 4.69) is 20.8 Å². The standard InChI is InChI=1S/C25H21N5O/c31-25-15-10-18(16-24(25)30-28-22-8-4-5-9-23(22)29-30)17-26-19-11-13-21(14-12-19)27-20-6-2-1-3-7-20/h1-16,26-27,31H,17H2. The molecule has 0 atom stereocenters. The van der Waals surface area contributed by atoms with E-state index in [1.54, 1.807) is 6.07 Å². The van der Waals surface area contributed by atoms with Gasteiger partial charge in [-0.15, -0.1) is 15.0 Å². The van der Waals surface area contributed by atoms with Crippen LogP contribution in [-0.4, -0.2) is 20.1 Å². The lowest BCUT2D eigenvalue weighted by molar-refractivity contribution is 0.467. The van der Waals surface area contributed by atoms with E-state index in [1.807, 2.05) is 91.0 Å². The van der Waals surface area contributed by atoms with Crippen LogP contribution in [0, 0.1) is 0 Å². The maximum absolute atomic E-state index is 10.3. The molecule has 6 heteroatoms. The Bertz CT molecular complexity index is 1280. The van der Waals surface area contributed by atoms with Crippen LogP contribution < -0.4 is 10.6 Å². The van der Waals surface area contributed by atoms with Gasteiger partial charge < -0.3 is 15.7 Å². The number of rotatable bonds is 6. The van der Waals surface area contributed by atoms with Gasteiger partial charge in [0.05, 0.1) is 0 Å². The number of hydrogen-bond acceptors (Lipinski definition) is 5. The Balaban J connectivity index is 1.29. The Hall–Kier alpha value is -4.32. The van der Waals surface area contributed by atoms with Crippen molar-refractivity contribution in [2.45, 2.75) is 6.54 Å². The number of benzene rings is 4. The van der Waals surface area contributed by atoms with Crippen molar-refractivity contribution in [2.24, 2.45) is 0 Å². The fraction of sp³-hybridized carbons (Fsp3) is 0.0400. The molecule has 0 amide bonds. The average Bonchev–Trinajstić information content (AvgIpc) is 3.24. The Kier molecular flexibility index (Phi) is 4.94. The topological polar surface area (TPSA) is 75.0 Å². The molecule has 0 saturated carbocycles. The number of aromatic nitrogens is 3. The summed E-state index contributed by atoms with van der Waals surface area (Å²) in [6, 6.07) is 31.3. The Labute approximate surface area is 179 Å². The fourth-order valence-electron chi connectivity index (χ4n) is 3.37. The number of para-hydroxylation sites is 1. The Morgan fingerprint density at radius 1 is 0.677 bits per heavy atom. The summed E-state index contributed by atoms with van der Waals surface area (Å²) in [5.74, 6) is 0.139. The van der Waals surface area contributed by atoms with Crippen molar-refractivity contribution in [3.63, 3.8) is 0 Å². The zero-order valence-electron chi connectivity index (χ0n) is 16.7. The maximum atomic E-state index is 10.3. The Morgan fingerprint density at radius 3 is 2.00 bits per heavy atom. The van der Waals surface area contributed by atoms with Gasteiger partial charge in [0.2, 0.25) is 0 Å². The first-order valence-corrected chi connectivity index (χ1v) is 10.0. The van der Waals surface area contributed by atoms with Crippen molar-refractivity contribution in [3.8, 4) is 11.4 Å². The summed E-state index contributed by atoms with van der Waals surface area (Å²) in [7, 11) is 0. The highest BCUT2D eigenvalue weighted by atomic mass is 16.3. The van der Waals surface area contributed by atoms with Gasteiger partial charge in [-0.2, -0.15) is 0 Å². The highest BCUT2D eigenvalue weighted by Gasteiger charge is 2.09.